The van der Waals surface area contributed by atoms with Crippen molar-refractivity contribution in [3.8, 4) is 6.07 Å². The van der Waals surface area contributed by atoms with Crippen molar-refractivity contribution < 1.29 is 22.7 Å². The molecule has 1 amide bonds. The van der Waals surface area contributed by atoms with Gasteiger partial charge in [0.1, 0.15) is 5.75 Å². The monoisotopic (exact) mass is 276 g/mol. The van der Waals surface area contributed by atoms with Gasteiger partial charge in [-0.15, -0.1) is 0 Å². The first-order valence-electron chi connectivity index (χ1n) is 5.24. The number of esters is 1. The lowest BCUT2D eigenvalue weighted by atomic mass is 10.2. The minimum atomic E-state index is -3.67. The van der Waals surface area contributed by atoms with E-state index in [4.69, 9.17) is 5.26 Å². The summed E-state index contributed by atoms with van der Waals surface area (Å²) in [5.41, 5.74) is 0. The Kier molecular flexibility index (Phi) is 6.97. The Morgan fingerprint density at radius 2 is 2.06 bits per heavy atom. The van der Waals surface area contributed by atoms with Crippen molar-refractivity contribution in [2.45, 2.75) is 13.3 Å². The third-order valence-electron chi connectivity index (χ3n) is 2.02. The molecular weight excluding hydrogens is 260 g/mol. The van der Waals surface area contributed by atoms with E-state index in [-0.39, 0.29) is 13.0 Å². The molecule has 0 fully saturated rings. The zero-order valence-electron chi connectivity index (χ0n) is 10.3. The van der Waals surface area contributed by atoms with Crippen LogP contribution in [0.4, 0.5) is 0 Å². The summed E-state index contributed by atoms with van der Waals surface area (Å²) in [5, 5.41) is 10.5. The zero-order valence-corrected chi connectivity index (χ0v) is 11.1. The number of nitriles is 1. The molecule has 7 nitrogen and oxygen atoms in total. The van der Waals surface area contributed by atoms with Gasteiger partial charge in [-0.1, -0.05) is 6.92 Å². The number of carbonyl (C=O) groups excluding carboxylic acids is 2. The first-order valence-corrected chi connectivity index (χ1v) is 7.06. The summed E-state index contributed by atoms with van der Waals surface area (Å²) in [6.45, 7) is 1.52. The summed E-state index contributed by atoms with van der Waals surface area (Å²) in [6.07, 6.45) is 0.115. The molecule has 0 radical (unpaired) electrons. The van der Waals surface area contributed by atoms with Crippen molar-refractivity contribution in [1.29, 1.82) is 5.26 Å². The fraction of sp³-hybridized carbons (Fsp3) is 0.700. The fourth-order valence-electron chi connectivity index (χ4n) is 1.22. The van der Waals surface area contributed by atoms with Gasteiger partial charge in [-0.05, 0) is 0 Å². The highest BCUT2D eigenvalue weighted by Gasteiger charge is 2.24. The summed E-state index contributed by atoms with van der Waals surface area (Å²) in [7, 11) is -2.50. The molecule has 0 aromatic heterocycles. The molecule has 1 unspecified atom stereocenters. The van der Waals surface area contributed by atoms with Crippen LogP contribution in [-0.2, 0) is 24.2 Å². The fourth-order valence-corrected chi connectivity index (χ4v) is 2.73. The standard InChI is InChI=1S/C10H16N2O5S/c1-8(10(14)17-2)6-18(15,16)7-9(13)12-5-3-4-11/h8H,3,5-7H2,1-2H3,(H,12,13). The van der Waals surface area contributed by atoms with Crippen molar-refractivity contribution in [2.75, 3.05) is 25.2 Å². The van der Waals surface area contributed by atoms with Crippen LogP contribution in [0.25, 0.3) is 0 Å². The molecule has 0 saturated heterocycles. The number of hydrogen-bond donors (Lipinski definition) is 1. The van der Waals surface area contributed by atoms with E-state index in [1.165, 1.54) is 14.0 Å². The summed E-state index contributed by atoms with van der Waals surface area (Å²) in [5.74, 6) is -3.26. The first-order chi connectivity index (χ1) is 8.32. The molecule has 0 aliphatic rings. The molecule has 102 valence electrons. The van der Waals surface area contributed by atoms with Crippen LogP contribution in [0, 0.1) is 17.2 Å². The topological polar surface area (TPSA) is 113 Å². The molecule has 0 aliphatic carbocycles. The maximum atomic E-state index is 11.6. The second kappa shape index (κ2) is 7.66. The SMILES string of the molecule is COC(=O)C(C)CS(=O)(=O)CC(=O)NCCC#N. The smallest absolute Gasteiger partial charge is 0.309 e. The number of nitrogens with one attached hydrogen (secondary N) is 1. The first kappa shape index (κ1) is 16.4. The van der Waals surface area contributed by atoms with E-state index in [2.05, 4.69) is 10.1 Å². The Balaban J connectivity index is 4.27. The van der Waals surface area contributed by atoms with Gasteiger partial charge in [0.05, 0.1) is 31.3 Å². The maximum Gasteiger partial charge on any atom is 0.309 e. The Morgan fingerprint density at radius 3 is 2.56 bits per heavy atom. The molecule has 0 saturated carbocycles. The van der Waals surface area contributed by atoms with Crippen LogP contribution >= 0.6 is 0 Å². The highest BCUT2D eigenvalue weighted by atomic mass is 32.2. The number of carbonyl (C=O) groups is 2. The Bertz CT molecular complexity index is 438. The number of sulfone groups is 1. The van der Waals surface area contributed by atoms with Gasteiger partial charge in [0.15, 0.2) is 9.84 Å². The summed E-state index contributed by atoms with van der Waals surface area (Å²) >= 11 is 0. The number of amides is 1. The highest BCUT2D eigenvalue weighted by molar-refractivity contribution is 7.92. The van der Waals surface area contributed by atoms with Crippen LogP contribution in [0.3, 0.4) is 0 Å². The summed E-state index contributed by atoms with van der Waals surface area (Å²) < 4.78 is 27.5. The third-order valence-corrected chi connectivity index (χ3v) is 3.73. The average molecular weight is 276 g/mol. The van der Waals surface area contributed by atoms with Crippen LogP contribution in [0.2, 0.25) is 0 Å². The summed E-state index contributed by atoms with van der Waals surface area (Å²) in [6, 6.07) is 1.82. The third kappa shape index (κ3) is 6.85. The van der Waals surface area contributed by atoms with E-state index in [1.807, 2.05) is 6.07 Å². The molecule has 0 heterocycles. The van der Waals surface area contributed by atoms with Gasteiger partial charge in [-0.2, -0.15) is 5.26 Å². The van der Waals surface area contributed by atoms with Gasteiger partial charge in [-0.3, -0.25) is 9.59 Å². The lowest BCUT2D eigenvalue weighted by Gasteiger charge is -2.09. The predicted molar refractivity (Wildman–Crippen MR) is 63.1 cm³/mol. The molecule has 0 aromatic rings. The second-order valence-corrected chi connectivity index (χ2v) is 5.85. The van der Waals surface area contributed by atoms with E-state index in [0.29, 0.717) is 0 Å². The molecule has 0 bridgehead atoms. The normalized spacial score (nSPS) is 12.3. The van der Waals surface area contributed by atoms with E-state index < -0.39 is 39.1 Å². The molecule has 0 aliphatic heterocycles. The Labute approximate surface area is 106 Å². The molecular formula is C10H16N2O5S. The molecule has 0 spiro atoms. The largest absolute Gasteiger partial charge is 0.469 e. The number of methoxy groups -OCH3 is 1. The Morgan fingerprint density at radius 1 is 1.44 bits per heavy atom. The van der Waals surface area contributed by atoms with E-state index in [9.17, 15) is 18.0 Å². The number of nitrogens with zero attached hydrogens (tertiary/aromatic N) is 1. The molecule has 8 heteroatoms. The Hall–Kier alpha value is -1.62. The molecule has 0 rings (SSSR count). The van der Waals surface area contributed by atoms with Crippen LogP contribution in [0.1, 0.15) is 13.3 Å². The molecule has 0 aromatic carbocycles. The lowest BCUT2D eigenvalue weighted by Crippen LogP contribution is -2.34. The van der Waals surface area contributed by atoms with Crippen LogP contribution in [-0.4, -0.2) is 45.5 Å². The van der Waals surface area contributed by atoms with Crippen molar-refractivity contribution in [2.24, 2.45) is 5.92 Å². The summed E-state index contributed by atoms with van der Waals surface area (Å²) in [4.78, 5) is 22.3. The minimum absolute atomic E-state index is 0.109. The quantitative estimate of drug-likeness (QED) is 0.483. The van der Waals surface area contributed by atoms with Crippen LogP contribution in [0.5, 0.6) is 0 Å². The van der Waals surface area contributed by atoms with Crippen molar-refractivity contribution >= 4 is 21.7 Å². The molecule has 18 heavy (non-hydrogen) atoms. The molecule has 1 atom stereocenters. The number of ether oxygens (including phenoxy) is 1. The average Bonchev–Trinajstić information content (AvgIpc) is 2.26. The van der Waals surface area contributed by atoms with E-state index in [1.54, 1.807) is 0 Å². The van der Waals surface area contributed by atoms with Gasteiger partial charge in [0, 0.05) is 6.54 Å². The van der Waals surface area contributed by atoms with Crippen molar-refractivity contribution in [3.05, 3.63) is 0 Å². The molecule has 1 N–H and O–H groups in total. The lowest BCUT2D eigenvalue weighted by molar-refractivity contribution is -0.144. The van der Waals surface area contributed by atoms with E-state index >= 15 is 0 Å². The van der Waals surface area contributed by atoms with E-state index in [0.717, 1.165) is 0 Å². The van der Waals surface area contributed by atoms with Crippen LogP contribution in [0.15, 0.2) is 0 Å². The maximum absolute atomic E-state index is 11.6. The number of rotatable bonds is 7. The van der Waals surface area contributed by atoms with Gasteiger partial charge in [0.25, 0.3) is 0 Å². The van der Waals surface area contributed by atoms with Crippen molar-refractivity contribution in [3.63, 3.8) is 0 Å². The van der Waals surface area contributed by atoms with Gasteiger partial charge in [-0.25, -0.2) is 8.42 Å². The number of hydrogen-bond acceptors (Lipinski definition) is 6. The van der Waals surface area contributed by atoms with Gasteiger partial charge in [0.2, 0.25) is 5.91 Å². The van der Waals surface area contributed by atoms with Crippen molar-refractivity contribution in [1.82, 2.24) is 5.32 Å². The zero-order chi connectivity index (χ0) is 14.2. The second-order valence-electron chi connectivity index (χ2n) is 3.74. The van der Waals surface area contributed by atoms with Gasteiger partial charge < -0.3 is 10.1 Å². The minimum Gasteiger partial charge on any atom is -0.469 e. The van der Waals surface area contributed by atoms with Crippen LogP contribution < -0.4 is 5.32 Å². The van der Waals surface area contributed by atoms with Gasteiger partial charge >= 0.3 is 5.97 Å². The highest BCUT2D eigenvalue weighted by Crippen LogP contribution is 2.04. The predicted octanol–water partition coefficient (Wildman–Crippen LogP) is -0.760.